The molecular weight excluding hydrogens is 370 g/mol. The number of rotatable bonds is 8. The summed E-state index contributed by atoms with van der Waals surface area (Å²) in [6.07, 6.45) is 0. The molecule has 1 atom stereocenters. The normalized spacial score (nSPS) is 12.0. The first-order valence-corrected chi connectivity index (χ1v) is 8.52. The first-order valence-electron chi connectivity index (χ1n) is 8.09. The maximum Gasteiger partial charge on any atom is 0.506 e. The van der Waals surface area contributed by atoms with E-state index >= 15 is 0 Å². The van der Waals surface area contributed by atoms with Gasteiger partial charge in [0.05, 0.1) is 4.92 Å². The van der Waals surface area contributed by atoms with Crippen molar-refractivity contribution in [2.24, 2.45) is 0 Å². The maximum absolute atomic E-state index is 11.6. The summed E-state index contributed by atoms with van der Waals surface area (Å²) in [5, 5.41) is 11.6. The molecule has 3 aromatic rings. The second-order valence-corrected chi connectivity index (χ2v) is 5.88. The Morgan fingerprint density at radius 3 is 1.26 bits per heavy atom. The molecule has 0 saturated carbocycles. The van der Waals surface area contributed by atoms with Crippen molar-refractivity contribution < 1.29 is 19.1 Å². The maximum atomic E-state index is 11.6. The van der Waals surface area contributed by atoms with E-state index < -0.39 is 16.4 Å². The predicted octanol–water partition coefficient (Wildman–Crippen LogP) is 4.72. The first-order chi connectivity index (χ1) is 13.1. The van der Waals surface area contributed by atoms with Gasteiger partial charge in [0.15, 0.2) is 0 Å². The predicted molar refractivity (Wildman–Crippen MR) is 101 cm³/mol. The fraction of sp³-hybridized carbons (Fsp3) is 0.100. The van der Waals surface area contributed by atoms with Crippen molar-refractivity contribution in [3.63, 3.8) is 0 Å². The van der Waals surface area contributed by atoms with Crippen molar-refractivity contribution in [2.45, 2.75) is 11.5 Å². The average molecular weight is 386 g/mol. The number of benzene rings is 3. The highest BCUT2D eigenvalue weighted by Gasteiger charge is 2.56. The van der Waals surface area contributed by atoms with Gasteiger partial charge in [-0.3, -0.25) is 10.1 Å². The third kappa shape index (κ3) is 4.68. The van der Waals surface area contributed by atoms with Gasteiger partial charge in [-0.15, -0.1) is 0 Å². The molecule has 3 rings (SSSR count). The van der Waals surface area contributed by atoms with Crippen molar-refractivity contribution >= 4 is 11.6 Å². The van der Waals surface area contributed by atoms with Crippen LogP contribution in [0.1, 0.15) is 0 Å². The number of alkyl halides is 1. The third-order valence-corrected chi connectivity index (χ3v) is 3.91. The number of para-hydroxylation sites is 3. The molecule has 138 valence electrons. The molecule has 0 aliphatic carbocycles. The van der Waals surface area contributed by atoms with Gasteiger partial charge in [-0.05, 0) is 48.0 Å². The van der Waals surface area contributed by atoms with Crippen LogP contribution in [-0.2, 0) is 0 Å². The van der Waals surface area contributed by atoms with Crippen molar-refractivity contribution in [3.05, 3.63) is 101 Å². The summed E-state index contributed by atoms with van der Waals surface area (Å²) < 4.78 is 17.4. The van der Waals surface area contributed by atoms with Crippen LogP contribution in [-0.4, -0.2) is 16.4 Å². The Hall–Kier alpha value is -3.25. The van der Waals surface area contributed by atoms with E-state index in [-0.39, 0.29) is 0 Å². The minimum atomic E-state index is -2.24. The van der Waals surface area contributed by atoms with Gasteiger partial charge in [0.1, 0.15) is 17.2 Å². The van der Waals surface area contributed by atoms with E-state index in [2.05, 4.69) is 0 Å². The van der Waals surface area contributed by atoms with Crippen LogP contribution in [0.15, 0.2) is 91.0 Å². The minimum Gasteiger partial charge on any atom is -0.414 e. The summed E-state index contributed by atoms with van der Waals surface area (Å²) in [5.41, 5.74) is -1.86. The van der Waals surface area contributed by atoms with Crippen molar-refractivity contribution in [2.75, 3.05) is 0 Å². The van der Waals surface area contributed by atoms with Gasteiger partial charge in [0.25, 0.3) is 0 Å². The Kier molecular flexibility index (Phi) is 5.78. The van der Waals surface area contributed by atoms with Gasteiger partial charge in [-0.25, -0.2) is 0 Å². The van der Waals surface area contributed by atoms with E-state index in [1.54, 1.807) is 91.0 Å². The Bertz CT molecular complexity index is 760. The highest BCUT2D eigenvalue weighted by Crippen LogP contribution is 2.31. The molecule has 0 bridgehead atoms. The summed E-state index contributed by atoms with van der Waals surface area (Å²) in [7, 11) is 0. The molecule has 0 aliphatic rings. The van der Waals surface area contributed by atoms with Crippen LogP contribution in [0, 0.1) is 10.1 Å². The standard InChI is InChI=1S/C20H16ClNO5/c21-19(22(23)24)20(25-16-10-4-1-5-11-16,26-17-12-6-2-7-13-17)27-18-14-8-3-9-15-18/h1-15,19H. The monoisotopic (exact) mass is 385 g/mol. The van der Waals surface area contributed by atoms with Crippen LogP contribution in [0.25, 0.3) is 0 Å². The largest absolute Gasteiger partial charge is 0.506 e. The van der Waals surface area contributed by atoms with Crippen LogP contribution >= 0.6 is 11.6 Å². The van der Waals surface area contributed by atoms with Crippen molar-refractivity contribution in [1.82, 2.24) is 0 Å². The summed E-state index contributed by atoms with van der Waals surface area (Å²) in [6, 6.07) is 25.5. The first kappa shape index (κ1) is 18.5. The molecule has 27 heavy (non-hydrogen) atoms. The van der Waals surface area contributed by atoms with Gasteiger partial charge in [-0.2, -0.15) is 0 Å². The minimum absolute atomic E-state index is 0.303. The van der Waals surface area contributed by atoms with Gasteiger partial charge in [0.2, 0.25) is 0 Å². The van der Waals surface area contributed by atoms with Gasteiger partial charge in [0, 0.05) is 0 Å². The Morgan fingerprint density at radius 1 is 0.704 bits per heavy atom. The number of ether oxygens (including phenoxy) is 3. The Balaban J connectivity index is 2.05. The molecule has 0 saturated heterocycles. The van der Waals surface area contributed by atoms with E-state index in [4.69, 9.17) is 25.8 Å². The quantitative estimate of drug-likeness (QED) is 0.184. The highest BCUT2D eigenvalue weighted by molar-refractivity contribution is 6.20. The summed E-state index contributed by atoms with van der Waals surface area (Å²) in [4.78, 5) is 10.8. The Labute approximate surface area is 161 Å². The van der Waals surface area contributed by atoms with Crippen LogP contribution in [0.3, 0.4) is 0 Å². The third-order valence-electron chi connectivity index (χ3n) is 3.49. The lowest BCUT2D eigenvalue weighted by Gasteiger charge is -2.32. The van der Waals surface area contributed by atoms with E-state index in [0.29, 0.717) is 17.2 Å². The smallest absolute Gasteiger partial charge is 0.414 e. The summed E-state index contributed by atoms with van der Waals surface area (Å²) in [6.45, 7) is 0. The van der Waals surface area contributed by atoms with E-state index in [0.717, 1.165) is 0 Å². The molecule has 0 aliphatic heterocycles. The SMILES string of the molecule is O=[N+]([O-])C(Cl)C(Oc1ccccc1)(Oc1ccccc1)Oc1ccccc1. The van der Waals surface area contributed by atoms with Crippen molar-refractivity contribution in [3.8, 4) is 17.2 Å². The molecule has 0 fully saturated rings. The molecular formula is C20H16ClNO5. The fourth-order valence-electron chi connectivity index (χ4n) is 2.30. The number of nitrogens with zero attached hydrogens (tertiary/aromatic N) is 1. The molecule has 7 heteroatoms. The topological polar surface area (TPSA) is 70.8 Å². The molecule has 0 N–H and O–H groups in total. The molecule has 3 aromatic carbocycles. The molecule has 0 heterocycles. The molecule has 0 amide bonds. The molecule has 0 aromatic heterocycles. The number of hydrogen-bond acceptors (Lipinski definition) is 5. The second-order valence-electron chi connectivity index (χ2n) is 5.47. The molecule has 6 nitrogen and oxygen atoms in total. The van der Waals surface area contributed by atoms with Crippen molar-refractivity contribution in [1.29, 1.82) is 0 Å². The molecule has 0 spiro atoms. The number of nitro groups is 1. The molecule has 0 radical (unpaired) electrons. The van der Waals surface area contributed by atoms with E-state index in [9.17, 15) is 10.1 Å². The lowest BCUT2D eigenvalue weighted by atomic mass is 10.3. The average Bonchev–Trinajstić information content (AvgIpc) is 2.69. The lowest BCUT2D eigenvalue weighted by Crippen LogP contribution is -2.58. The van der Waals surface area contributed by atoms with Crippen LogP contribution < -0.4 is 14.2 Å². The number of halogens is 1. The summed E-state index contributed by atoms with van der Waals surface area (Å²) >= 11 is 6.11. The zero-order valence-electron chi connectivity index (χ0n) is 14.1. The van der Waals surface area contributed by atoms with Crippen LogP contribution in [0.2, 0.25) is 0 Å². The lowest BCUT2D eigenvalue weighted by molar-refractivity contribution is -0.550. The van der Waals surface area contributed by atoms with Gasteiger partial charge < -0.3 is 14.2 Å². The van der Waals surface area contributed by atoms with E-state index in [1.165, 1.54) is 0 Å². The fourth-order valence-corrected chi connectivity index (χ4v) is 2.43. The van der Waals surface area contributed by atoms with Gasteiger partial charge in [-0.1, -0.05) is 54.6 Å². The van der Waals surface area contributed by atoms with Crippen LogP contribution in [0.4, 0.5) is 0 Å². The second kappa shape index (κ2) is 8.42. The number of hydrogen-bond donors (Lipinski definition) is 0. The summed E-state index contributed by atoms with van der Waals surface area (Å²) in [5.74, 6) is -1.33. The Morgan fingerprint density at radius 2 is 1.00 bits per heavy atom. The van der Waals surface area contributed by atoms with E-state index in [1.807, 2.05) is 0 Å². The van der Waals surface area contributed by atoms with Crippen LogP contribution in [0.5, 0.6) is 17.2 Å². The van der Waals surface area contributed by atoms with Gasteiger partial charge >= 0.3 is 11.5 Å². The zero-order valence-corrected chi connectivity index (χ0v) is 14.9. The highest BCUT2D eigenvalue weighted by atomic mass is 35.5. The molecule has 1 unspecified atom stereocenters. The zero-order chi connectivity index (χ0) is 19.1.